The van der Waals surface area contributed by atoms with Crippen LogP contribution < -0.4 is 4.90 Å². The summed E-state index contributed by atoms with van der Waals surface area (Å²) in [7, 11) is 0. The van der Waals surface area contributed by atoms with E-state index in [1.807, 2.05) is 27.8 Å². The molecule has 1 aromatic rings. The molecule has 0 saturated carbocycles. The Bertz CT molecular complexity index is 741. The number of carbonyl (C=O) groups is 2. The normalized spacial score (nSPS) is 32.9. The summed E-state index contributed by atoms with van der Waals surface area (Å²) in [6.45, 7) is 3.27. The minimum Gasteiger partial charge on any atom is -0.355 e. The minimum atomic E-state index is -0.309. The van der Waals surface area contributed by atoms with Crippen LogP contribution in [0.5, 0.6) is 0 Å². The Morgan fingerprint density at radius 1 is 1.14 bits per heavy atom. The molecule has 4 saturated heterocycles. The first kappa shape index (κ1) is 18.2. The van der Waals surface area contributed by atoms with Gasteiger partial charge in [-0.15, -0.1) is 0 Å². The first-order valence-electron chi connectivity index (χ1n) is 10.4. The average molecular weight is 402 g/mol. The number of rotatable bonds is 2. The molecule has 4 aliphatic rings. The average Bonchev–Trinajstić information content (AvgIpc) is 2.75. The second kappa shape index (κ2) is 7.54. The maximum atomic E-state index is 13.6. The molecule has 8 heteroatoms. The molecular formula is C20H27N5O2S. The van der Waals surface area contributed by atoms with E-state index in [0.29, 0.717) is 12.3 Å². The predicted molar refractivity (Wildman–Crippen MR) is 108 cm³/mol. The number of nitrogens with zero attached hydrogens (tertiary/aromatic N) is 5. The highest BCUT2D eigenvalue weighted by Gasteiger charge is 2.52. The lowest BCUT2D eigenvalue weighted by atomic mass is 9.71. The van der Waals surface area contributed by atoms with Crippen LogP contribution in [0.4, 0.5) is 5.82 Å². The Hall–Kier alpha value is -1.83. The molecule has 0 N–H and O–H groups in total. The van der Waals surface area contributed by atoms with Crippen molar-refractivity contribution in [2.24, 2.45) is 11.8 Å². The fourth-order valence-electron chi connectivity index (χ4n) is 5.59. The summed E-state index contributed by atoms with van der Waals surface area (Å²) in [5, 5.41) is 0. The van der Waals surface area contributed by atoms with Crippen LogP contribution >= 0.6 is 11.8 Å². The van der Waals surface area contributed by atoms with E-state index < -0.39 is 0 Å². The van der Waals surface area contributed by atoms with E-state index in [-0.39, 0.29) is 29.8 Å². The van der Waals surface area contributed by atoms with Crippen molar-refractivity contribution in [2.45, 2.75) is 37.8 Å². The third-order valence-electron chi connectivity index (χ3n) is 6.79. The zero-order valence-electron chi connectivity index (χ0n) is 16.1. The molecule has 7 nitrogen and oxygen atoms in total. The van der Waals surface area contributed by atoms with Crippen molar-refractivity contribution in [3.63, 3.8) is 0 Å². The van der Waals surface area contributed by atoms with Crippen molar-refractivity contribution < 1.29 is 9.59 Å². The number of thioether (sulfide) groups is 1. The fourth-order valence-corrected chi connectivity index (χ4v) is 6.49. The van der Waals surface area contributed by atoms with Crippen LogP contribution in [0.1, 0.15) is 25.7 Å². The lowest BCUT2D eigenvalue weighted by molar-refractivity contribution is -0.161. The predicted octanol–water partition coefficient (Wildman–Crippen LogP) is 1.26. The highest BCUT2D eigenvalue weighted by atomic mass is 32.2. The Balaban J connectivity index is 1.46. The maximum absolute atomic E-state index is 13.6. The SMILES string of the molecule is O=C([C@H]1[C@H]2C[C@H](CN(c3cnccn3)C2)[C@@H]2CCCC(=O)N21)N1CCSCC1. The van der Waals surface area contributed by atoms with Gasteiger partial charge in [-0.3, -0.25) is 14.6 Å². The van der Waals surface area contributed by atoms with Gasteiger partial charge in [0.15, 0.2) is 0 Å². The summed E-state index contributed by atoms with van der Waals surface area (Å²) < 4.78 is 0. The van der Waals surface area contributed by atoms with Gasteiger partial charge in [-0.05, 0) is 25.2 Å². The van der Waals surface area contributed by atoms with Gasteiger partial charge in [-0.25, -0.2) is 4.98 Å². The highest BCUT2D eigenvalue weighted by Crippen LogP contribution is 2.43. The highest BCUT2D eigenvalue weighted by molar-refractivity contribution is 7.99. The molecule has 0 spiro atoms. The second-order valence-electron chi connectivity index (χ2n) is 8.37. The first-order chi connectivity index (χ1) is 13.7. The molecule has 4 aliphatic heterocycles. The summed E-state index contributed by atoms with van der Waals surface area (Å²) in [4.78, 5) is 41.5. The third-order valence-corrected chi connectivity index (χ3v) is 7.73. The van der Waals surface area contributed by atoms with Gasteiger partial charge in [0.25, 0.3) is 0 Å². The van der Waals surface area contributed by atoms with Crippen molar-refractivity contribution in [1.82, 2.24) is 19.8 Å². The Kier molecular flexibility index (Phi) is 4.90. The van der Waals surface area contributed by atoms with Crippen LogP contribution in [0.2, 0.25) is 0 Å². The summed E-state index contributed by atoms with van der Waals surface area (Å²) in [6, 6.07) is -0.123. The van der Waals surface area contributed by atoms with Gasteiger partial charge in [-0.2, -0.15) is 11.8 Å². The van der Waals surface area contributed by atoms with E-state index in [1.54, 1.807) is 12.4 Å². The number of hydrogen-bond acceptors (Lipinski definition) is 6. The minimum absolute atomic E-state index is 0.168. The number of carbonyl (C=O) groups excluding carboxylic acids is 2. The van der Waals surface area contributed by atoms with E-state index in [2.05, 4.69) is 14.9 Å². The molecule has 4 atom stereocenters. The number of anilines is 1. The lowest BCUT2D eigenvalue weighted by Crippen LogP contribution is -2.69. The Morgan fingerprint density at radius 3 is 2.75 bits per heavy atom. The van der Waals surface area contributed by atoms with Crippen molar-refractivity contribution in [3.05, 3.63) is 18.6 Å². The van der Waals surface area contributed by atoms with Gasteiger partial charge in [-0.1, -0.05) is 0 Å². The van der Waals surface area contributed by atoms with Gasteiger partial charge < -0.3 is 14.7 Å². The molecule has 0 radical (unpaired) electrons. The van der Waals surface area contributed by atoms with Gasteiger partial charge in [0.05, 0.1) is 6.20 Å². The van der Waals surface area contributed by atoms with E-state index in [0.717, 1.165) is 62.8 Å². The molecule has 1 aromatic heterocycles. The third kappa shape index (κ3) is 3.15. The van der Waals surface area contributed by atoms with Crippen molar-refractivity contribution in [2.75, 3.05) is 42.6 Å². The summed E-state index contributed by atoms with van der Waals surface area (Å²) in [5.74, 6) is 3.80. The van der Waals surface area contributed by atoms with E-state index in [4.69, 9.17) is 0 Å². The number of piperidine rings is 3. The van der Waals surface area contributed by atoms with E-state index in [9.17, 15) is 9.59 Å². The van der Waals surface area contributed by atoms with Crippen LogP contribution in [0.15, 0.2) is 18.6 Å². The van der Waals surface area contributed by atoms with Crippen molar-refractivity contribution >= 4 is 29.4 Å². The lowest BCUT2D eigenvalue weighted by Gasteiger charge is -2.56. The van der Waals surface area contributed by atoms with Crippen LogP contribution in [0, 0.1) is 11.8 Å². The standard InChI is InChI=1S/C20H27N5O2S/c26-18-3-1-2-16-14-10-15(13-24(12-14)17-11-21-4-5-22-17)19(25(16)18)20(27)23-6-8-28-9-7-23/h4-5,11,14-16,19H,1-3,6-10,12-13H2/t14-,15+,16+,19-/m1/s1. The van der Waals surface area contributed by atoms with Crippen LogP contribution in [0.25, 0.3) is 0 Å². The van der Waals surface area contributed by atoms with Gasteiger partial charge >= 0.3 is 0 Å². The molecule has 5 rings (SSSR count). The van der Waals surface area contributed by atoms with Crippen LogP contribution in [0.3, 0.4) is 0 Å². The van der Waals surface area contributed by atoms with E-state index in [1.165, 1.54) is 0 Å². The number of hydrogen-bond donors (Lipinski definition) is 0. The molecule has 0 aliphatic carbocycles. The first-order valence-corrected chi connectivity index (χ1v) is 11.6. The summed E-state index contributed by atoms with van der Waals surface area (Å²) in [5.41, 5.74) is 0. The molecule has 2 bridgehead atoms. The second-order valence-corrected chi connectivity index (χ2v) is 9.59. The number of amides is 2. The zero-order chi connectivity index (χ0) is 19.1. The molecule has 28 heavy (non-hydrogen) atoms. The quantitative estimate of drug-likeness (QED) is 0.743. The molecule has 2 amide bonds. The summed E-state index contributed by atoms with van der Waals surface area (Å²) in [6.07, 6.45) is 8.79. The number of aromatic nitrogens is 2. The molecule has 0 aromatic carbocycles. The maximum Gasteiger partial charge on any atom is 0.245 e. The smallest absolute Gasteiger partial charge is 0.245 e. The van der Waals surface area contributed by atoms with Gasteiger partial charge in [0.1, 0.15) is 11.9 Å². The Morgan fingerprint density at radius 2 is 1.96 bits per heavy atom. The molecule has 150 valence electrons. The monoisotopic (exact) mass is 401 g/mol. The van der Waals surface area contributed by atoms with Gasteiger partial charge in [0, 0.05) is 68.5 Å². The van der Waals surface area contributed by atoms with Gasteiger partial charge in [0.2, 0.25) is 11.8 Å². The number of fused-ring (bicyclic) bond motifs is 4. The summed E-state index contributed by atoms with van der Waals surface area (Å²) >= 11 is 1.90. The van der Waals surface area contributed by atoms with Crippen molar-refractivity contribution in [1.29, 1.82) is 0 Å². The van der Waals surface area contributed by atoms with Crippen molar-refractivity contribution in [3.8, 4) is 0 Å². The van der Waals surface area contributed by atoms with Crippen LogP contribution in [-0.4, -0.2) is 81.4 Å². The molecule has 5 heterocycles. The fraction of sp³-hybridized carbons (Fsp3) is 0.700. The Labute approximate surface area is 169 Å². The molecule has 0 unspecified atom stereocenters. The molecular weight excluding hydrogens is 374 g/mol. The molecule has 4 fully saturated rings. The van der Waals surface area contributed by atoms with Crippen LogP contribution in [-0.2, 0) is 9.59 Å². The topological polar surface area (TPSA) is 69.6 Å². The zero-order valence-corrected chi connectivity index (χ0v) is 16.9. The largest absolute Gasteiger partial charge is 0.355 e. The van der Waals surface area contributed by atoms with E-state index >= 15 is 0 Å².